The number of benzene rings is 2. The zero-order chi connectivity index (χ0) is 17.5. The van der Waals surface area contributed by atoms with E-state index in [1.54, 1.807) is 7.11 Å². The fourth-order valence-corrected chi connectivity index (χ4v) is 3.40. The average molecular weight is 338 g/mol. The van der Waals surface area contributed by atoms with Crippen LogP contribution in [0.1, 0.15) is 42.9 Å². The summed E-state index contributed by atoms with van der Waals surface area (Å²) in [4.78, 5) is 14.8. The Morgan fingerprint density at radius 3 is 2.56 bits per heavy atom. The van der Waals surface area contributed by atoms with Crippen LogP contribution in [0.25, 0.3) is 0 Å². The summed E-state index contributed by atoms with van der Waals surface area (Å²) in [5.41, 5.74) is 2.30. The molecule has 1 aliphatic heterocycles. The minimum absolute atomic E-state index is 0.0200. The van der Waals surface area contributed by atoms with Gasteiger partial charge in [-0.3, -0.25) is 0 Å². The van der Waals surface area contributed by atoms with E-state index in [2.05, 4.69) is 17.4 Å². The normalized spacial score (nSPS) is 17.6. The first-order valence-corrected chi connectivity index (χ1v) is 9.00. The van der Waals surface area contributed by atoms with E-state index in [0.29, 0.717) is 6.54 Å². The Kier molecular flexibility index (Phi) is 5.94. The lowest BCUT2D eigenvalue weighted by atomic mass is 10.0. The lowest BCUT2D eigenvalue weighted by Gasteiger charge is -2.30. The van der Waals surface area contributed by atoms with Gasteiger partial charge in [-0.05, 0) is 36.1 Å². The molecule has 4 nitrogen and oxygen atoms in total. The SMILES string of the molecule is COc1ccc([C@@H]2CCCCCN2C(=O)NCc2ccccc2)cc1. The zero-order valence-electron chi connectivity index (χ0n) is 14.8. The molecule has 25 heavy (non-hydrogen) atoms. The second kappa shape index (κ2) is 8.56. The van der Waals surface area contributed by atoms with Crippen LogP contribution in [0.5, 0.6) is 5.75 Å². The van der Waals surface area contributed by atoms with Crippen molar-refractivity contribution < 1.29 is 9.53 Å². The summed E-state index contributed by atoms with van der Waals surface area (Å²) in [5.74, 6) is 0.845. The molecule has 1 atom stereocenters. The first-order valence-electron chi connectivity index (χ1n) is 9.00. The van der Waals surface area contributed by atoms with Crippen LogP contribution in [0.4, 0.5) is 4.79 Å². The summed E-state index contributed by atoms with van der Waals surface area (Å²) in [6.45, 7) is 1.36. The highest BCUT2D eigenvalue weighted by Gasteiger charge is 2.26. The van der Waals surface area contributed by atoms with Crippen molar-refractivity contribution in [2.75, 3.05) is 13.7 Å². The maximum Gasteiger partial charge on any atom is 0.318 e. The van der Waals surface area contributed by atoms with Gasteiger partial charge >= 0.3 is 6.03 Å². The topological polar surface area (TPSA) is 41.6 Å². The van der Waals surface area contributed by atoms with Crippen LogP contribution in [-0.4, -0.2) is 24.6 Å². The molecule has 0 saturated carbocycles. The van der Waals surface area contributed by atoms with E-state index in [4.69, 9.17) is 4.74 Å². The van der Waals surface area contributed by atoms with Crippen LogP contribution >= 0.6 is 0 Å². The Bertz CT molecular complexity index is 670. The highest BCUT2D eigenvalue weighted by atomic mass is 16.5. The lowest BCUT2D eigenvalue weighted by molar-refractivity contribution is 0.175. The number of urea groups is 1. The number of methoxy groups -OCH3 is 1. The van der Waals surface area contributed by atoms with Crippen LogP contribution in [0.15, 0.2) is 54.6 Å². The quantitative estimate of drug-likeness (QED) is 0.890. The van der Waals surface area contributed by atoms with Crippen molar-refractivity contribution in [3.63, 3.8) is 0 Å². The summed E-state index contributed by atoms with van der Waals surface area (Å²) in [6.07, 6.45) is 4.39. The van der Waals surface area contributed by atoms with Gasteiger partial charge in [-0.25, -0.2) is 4.79 Å². The van der Waals surface area contributed by atoms with Crippen LogP contribution in [0.2, 0.25) is 0 Å². The van der Waals surface area contributed by atoms with Crippen molar-refractivity contribution in [2.24, 2.45) is 0 Å². The van der Waals surface area contributed by atoms with Gasteiger partial charge in [-0.2, -0.15) is 0 Å². The van der Waals surface area contributed by atoms with Crippen molar-refractivity contribution in [2.45, 2.75) is 38.3 Å². The average Bonchev–Trinajstić information content (AvgIpc) is 2.93. The molecule has 0 unspecified atom stereocenters. The molecular formula is C21H26N2O2. The number of rotatable bonds is 4. The third-order valence-corrected chi connectivity index (χ3v) is 4.80. The van der Waals surface area contributed by atoms with Crippen molar-refractivity contribution in [3.05, 3.63) is 65.7 Å². The second-order valence-corrected chi connectivity index (χ2v) is 6.48. The predicted molar refractivity (Wildman–Crippen MR) is 99.6 cm³/mol. The van der Waals surface area contributed by atoms with Gasteiger partial charge in [0.15, 0.2) is 0 Å². The molecule has 1 aliphatic rings. The molecule has 0 bridgehead atoms. The van der Waals surface area contributed by atoms with Crippen molar-refractivity contribution in [1.82, 2.24) is 10.2 Å². The Morgan fingerprint density at radius 1 is 1.08 bits per heavy atom. The highest BCUT2D eigenvalue weighted by molar-refractivity contribution is 5.74. The van der Waals surface area contributed by atoms with E-state index in [9.17, 15) is 4.79 Å². The molecule has 0 aromatic heterocycles. The van der Waals surface area contributed by atoms with Gasteiger partial charge in [-0.1, -0.05) is 55.3 Å². The lowest BCUT2D eigenvalue weighted by Crippen LogP contribution is -2.41. The first-order chi connectivity index (χ1) is 12.3. The molecular weight excluding hydrogens is 312 g/mol. The van der Waals surface area contributed by atoms with Gasteiger partial charge in [0.2, 0.25) is 0 Å². The number of amides is 2. The Labute approximate surface area is 149 Å². The van der Waals surface area contributed by atoms with E-state index in [1.165, 1.54) is 12.0 Å². The Balaban J connectivity index is 1.71. The van der Waals surface area contributed by atoms with Gasteiger partial charge in [0.1, 0.15) is 5.75 Å². The van der Waals surface area contributed by atoms with Gasteiger partial charge in [0, 0.05) is 13.1 Å². The van der Waals surface area contributed by atoms with E-state index in [0.717, 1.165) is 37.1 Å². The Morgan fingerprint density at radius 2 is 1.84 bits per heavy atom. The number of carbonyl (C=O) groups is 1. The number of carbonyl (C=O) groups excluding carboxylic acids is 1. The Hall–Kier alpha value is -2.49. The van der Waals surface area contributed by atoms with E-state index < -0.39 is 0 Å². The second-order valence-electron chi connectivity index (χ2n) is 6.48. The third kappa shape index (κ3) is 4.53. The molecule has 0 radical (unpaired) electrons. The van der Waals surface area contributed by atoms with Crippen LogP contribution in [0, 0.1) is 0 Å². The summed E-state index contributed by atoms with van der Waals surface area (Å²) in [5, 5.41) is 3.08. The molecule has 4 heteroatoms. The third-order valence-electron chi connectivity index (χ3n) is 4.80. The van der Waals surface area contributed by atoms with E-state index >= 15 is 0 Å². The summed E-state index contributed by atoms with van der Waals surface area (Å²) in [6, 6.07) is 18.3. The molecule has 132 valence electrons. The monoisotopic (exact) mass is 338 g/mol. The molecule has 1 saturated heterocycles. The molecule has 1 heterocycles. The van der Waals surface area contributed by atoms with Gasteiger partial charge in [0.05, 0.1) is 13.2 Å². The molecule has 2 aromatic rings. The minimum atomic E-state index is 0.0200. The molecule has 1 fully saturated rings. The first kappa shape index (κ1) is 17.3. The summed E-state index contributed by atoms with van der Waals surface area (Å²) < 4.78 is 5.25. The maximum absolute atomic E-state index is 12.8. The molecule has 0 aliphatic carbocycles. The smallest absolute Gasteiger partial charge is 0.318 e. The van der Waals surface area contributed by atoms with Gasteiger partial charge in [0.25, 0.3) is 0 Å². The predicted octanol–water partition coefficient (Wildman–Crippen LogP) is 4.52. The summed E-state index contributed by atoms with van der Waals surface area (Å²) >= 11 is 0. The van der Waals surface area contributed by atoms with E-state index in [-0.39, 0.29) is 12.1 Å². The molecule has 2 amide bonds. The highest BCUT2D eigenvalue weighted by Crippen LogP contribution is 2.31. The van der Waals surface area contributed by atoms with Crippen LogP contribution in [-0.2, 0) is 6.54 Å². The zero-order valence-corrected chi connectivity index (χ0v) is 14.8. The van der Waals surface area contributed by atoms with Crippen molar-refractivity contribution >= 4 is 6.03 Å². The molecule has 3 rings (SSSR count). The number of hydrogen-bond acceptors (Lipinski definition) is 2. The number of likely N-dealkylation sites (tertiary alicyclic amines) is 1. The number of hydrogen-bond donors (Lipinski definition) is 1. The number of nitrogens with one attached hydrogen (secondary N) is 1. The van der Waals surface area contributed by atoms with Crippen molar-refractivity contribution in [1.29, 1.82) is 0 Å². The van der Waals surface area contributed by atoms with Gasteiger partial charge in [-0.15, -0.1) is 0 Å². The maximum atomic E-state index is 12.8. The molecule has 1 N–H and O–H groups in total. The fraction of sp³-hybridized carbons (Fsp3) is 0.381. The number of nitrogens with zero attached hydrogens (tertiary/aromatic N) is 1. The number of ether oxygens (including phenoxy) is 1. The molecule has 0 spiro atoms. The molecule has 2 aromatic carbocycles. The summed E-state index contributed by atoms with van der Waals surface area (Å²) in [7, 11) is 1.67. The fourth-order valence-electron chi connectivity index (χ4n) is 3.40. The minimum Gasteiger partial charge on any atom is -0.497 e. The van der Waals surface area contributed by atoms with Crippen LogP contribution in [0.3, 0.4) is 0 Å². The van der Waals surface area contributed by atoms with Crippen LogP contribution < -0.4 is 10.1 Å². The standard InChI is InChI=1S/C21H26N2O2/c1-25-19-13-11-18(12-14-19)20-10-6-3-7-15-23(20)21(24)22-16-17-8-4-2-5-9-17/h2,4-5,8-9,11-14,20H,3,6-7,10,15-16H2,1H3,(H,22,24)/t20-/m0/s1. The van der Waals surface area contributed by atoms with Gasteiger partial charge < -0.3 is 15.0 Å². The van der Waals surface area contributed by atoms with E-state index in [1.807, 2.05) is 47.4 Å². The largest absolute Gasteiger partial charge is 0.497 e. The van der Waals surface area contributed by atoms with Crippen molar-refractivity contribution in [3.8, 4) is 5.75 Å².